The van der Waals surface area contributed by atoms with Gasteiger partial charge in [0.05, 0.1) is 0 Å². The van der Waals surface area contributed by atoms with Crippen LogP contribution in [0.2, 0.25) is 0 Å². The van der Waals surface area contributed by atoms with Crippen LogP contribution in [-0.4, -0.2) is 12.6 Å². The van der Waals surface area contributed by atoms with Gasteiger partial charge in [0.25, 0.3) is 0 Å². The Balaban J connectivity index is 1.50. The van der Waals surface area contributed by atoms with Crippen LogP contribution < -0.4 is 0 Å². The number of hydrogen-bond donors (Lipinski definition) is 0. The Bertz CT molecular complexity index is 1690. The van der Waals surface area contributed by atoms with Gasteiger partial charge in [-0.3, -0.25) is 9.59 Å². The zero-order valence-corrected chi connectivity index (χ0v) is 23.0. The van der Waals surface area contributed by atoms with Crippen molar-refractivity contribution in [3.05, 3.63) is 191 Å². The Morgan fingerprint density at radius 3 is 0.857 bits per heavy atom. The van der Waals surface area contributed by atoms with E-state index in [0.29, 0.717) is 11.1 Å². The average Bonchev–Trinajstić information content (AvgIpc) is 3.08. The molecule has 6 aromatic rings. The predicted molar refractivity (Wildman–Crippen MR) is 172 cm³/mol. The summed E-state index contributed by atoms with van der Waals surface area (Å²) in [4.78, 5) is 22.2. The molecule has 0 aliphatic carbocycles. The Hall–Kier alpha value is -5.60. The van der Waals surface area contributed by atoms with E-state index in [4.69, 9.17) is 0 Å². The van der Waals surface area contributed by atoms with Crippen LogP contribution in [0.3, 0.4) is 0 Å². The molecular weight excluding hydrogens is 512 g/mol. The second-order valence-electron chi connectivity index (χ2n) is 10.1. The fourth-order valence-electron chi connectivity index (χ4n) is 5.29. The maximum atomic E-state index is 11.1. The van der Waals surface area contributed by atoms with E-state index in [1.807, 2.05) is 60.7 Å². The van der Waals surface area contributed by atoms with E-state index in [-0.39, 0.29) is 0 Å². The molecule has 0 aliphatic rings. The van der Waals surface area contributed by atoms with E-state index in [1.54, 1.807) is 0 Å². The van der Waals surface area contributed by atoms with E-state index < -0.39 is 0 Å². The molecule has 0 heterocycles. The Labute approximate surface area is 246 Å². The van der Waals surface area contributed by atoms with Gasteiger partial charge in [-0.15, -0.1) is 0 Å². The molecule has 0 bridgehead atoms. The molecule has 200 valence electrons. The lowest BCUT2D eigenvalue weighted by Crippen LogP contribution is -1.98. The van der Waals surface area contributed by atoms with Gasteiger partial charge in [-0.25, -0.2) is 0 Å². The summed E-state index contributed by atoms with van der Waals surface area (Å²) in [7, 11) is 0. The minimum atomic E-state index is 0.668. The normalized spacial score (nSPS) is 11.4. The van der Waals surface area contributed by atoms with Gasteiger partial charge >= 0.3 is 0 Å². The van der Waals surface area contributed by atoms with Crippen LogP contribution >= 0.6 is 0 Å². The SMILES string of the molecule is O=Cc1ccc(-c2ccc(/C(=C(\c3ccccc3)c3ccc(-c4ccc(C=O)cc4)cc3)c3ccccc3)cc2)cc1. The Morgan fingerprint density at radius 2 is 0.571 bits per heavy atom. The number of carbonyl (C=O) groups is 2. The van der Waals surface area contributed by atoms with Crippen molar-refractivity contribution in [3.8, 4) is 22.3 Å². The summed E-state index contributed by atoms with van der Waals surface area (Å²) in [6.07, 6.45) is 1.73. The van der Waals surface area contributed by atoms with Crippen molar-refractivity contribution in [2.45, 2.75) is 0 Å². The molecule has 0 unspecified atom stereocenters. The molecule has 42 heavy (non-hydrogen) atoms. The van der Waals surface area contributed by atoms with Crippen LogP contribution in [0.15, 0.2) is 158 Å². The number of benzene rings is 6. The van der Waals surface area contributed by atoms with Gasteiger partial charge in [-0.1, -0.05) is 158 Å². The number of rotatable bonds is 8. The first-order valence-corrected chi connectivity index (χ1v) is 13.9. The van der Waals surface area contributed by atoms with Crippen molar-refractivity contribution in [2.75, 3.05) is 0 Å². The van der Waals surface area contributed by atoms with E-state index >= 15 is 0 Å². The highest BCUT2D eigenvalue weighted by atomic mass is 16.1. The minimum absolute atomic E-state index is 0.668. The molecular formula is C40H28O2. The molecule has 6 rings (SSSR count). The minimum Gasteiger partial charge on any atom is -0.298 e. The van der Waals surface area contributed by atoms with Gasteiger partial charge in [0.2, 0.25) is 0 Å². The van der Waals surface area contributed by atoms with Gasteiger partial charge in [0.1, 0.15) is 12.6 Å². The van der Waals surface area contributed by atoms with Crippen molar-refractivity contribution in [2.24, 2.45) is 0 Å². The Kier molecular flexibility index (Phi) is 7.78. The van der Waals surface area contributed by atoms with Crippen LogP contribution in [0, 0.1) is 0 Å². The monoisotopic (exact) mass is 540 g/mol. The van der Waals surface area contributed by atoms with Crippen LogP contribution in [0.25, 0.3) is 33.4 Å². The molecule has 0 spiro atoms. The standard InChI is InChI=1S/C40H28O2/c41-27-29-11-15-31(16-12-29)33-19-23-37(24-20-33)39(35-7-3-1-4-8-35)40(36-9-5-2-6-10-36)38-25-21-34(22-26-38)32-17-13-30(28-42)14-18-32/h1-28H/b40-39+. The van der Waals surface area contributed by atoms with Crippen molar-refractivity contribution >= 4 is 23.7 Å². The molecule has 0 saturated heterocycles. The van der Waals surface area contributed by atoms with E-state index in [2.05, 4.69) is 97.1 Å². The van der Waals surface area contributed by atoms with Crippen LogP contribution in [-0.2, 0) is 0 Å². The molecule has 0 fully saturated rings. The summed E-state index contributed by atoms with van der Waals surface area (Å²) in [5, 5.41) is 0. The van der Waals surface area contributed by atoms with Crippen LogP contribution in [0.5, 0.6) is 0 Å². The number of hydrogen-bond acceptors (Lipinski definition) is 2. The highest BCUT2D eigenvalue weighted by molar-refractivity contribution is 6.04. The molecule has 0 atom stereocenters. The molecule has 0 saturated carbocycles. The highest BCUT2D eigenvalue weighted by Crippen LogP contribution is 2.38. The average molecular weight is 541 g/mol. The van der Waals surface area contributed by atoms with Crippen LogP contribution in [0.4, 0.5) is 0 Å². The largest absolute Gasteiger partial charge is 0.298 e. The maximum Gasteiger partial charge on any atom is 0.150 e. The number of aldehydes is 2. The second kappa shape index (κ2) is 12.3. The first kappa shape index (κ1) is 26.6. The molecule has 6 aromatic carbocycles. The van der Waals surface area contributed by atoms with Crippen molar-refractivity contribution < 1.29 is 9.59 Å². The van der Waals surface area contributed by atoms with Gasteiger partial charge in [-0.05, 0) is 55.7 Å². The summed E-state index contributed by atoms with van der Waals surface area (Å²) in [6, 6.07) is 53.6. The zero-order valence-electron chi connectivity index (χ0n) is 23.0. The third kappa shape index (κ3) is 5.65. The molecule has 0 amide bonds. The molecule has 0 N–H and O–H groups in total. The van der Waals surface area contributed by atoms with Gasteiger partial charge < -0.3 is 0 Å². The lowest BCUT2D eigenvalue weighted by Gasteiger charge is -2.19. The quantitative estimate of drug-likeness (QED) is 0.142. The van der Waals surface area contributed by atoms with Gasteiger partial charge in [0.15, 0.2) is 0 Å². The summed E-state index contributed by atoms with van der Waals surface area (Å²) >= 11 is 0. The van der Waals surface area contributed by atoms with E-state index in [1.165, 1.54) is 0 Å². The molecule has 2 heteroatoms. The third-order valence-corrected chi connectivity index (χ3v) is 7.48. The van der Waals surface area contributed by atoms with Crippen molar-refractivity contribution in [1.29, 1.82) is 0 Å². The van der Waals surface area contributed by atoms with Crippen LogP contribution in [0.1, 0.15) is 43.0 Å². The Morgan fingerprint density at radius 1 is 0.310 bits per heavy atom. The van der Waals surface area contributed by atoms with E-state index in [9.17, 15) is 9.59 Å². The lowest BCUT2D eigenvalue weighted by molar-refractivity contribution is 0.111. The van der Waals surface area contributed by atoms with Crippen molar-refractivity contribution in [3.63, 3.8) is 0 Å². The van der Waals surface area contributed by atoms with Crippen molar-refractivity contribution in [1.82, 2.24) is 0 Å². The zero-order chi connectivity index (χ0) is 28.7. The fourth-order valence-corrected chi connectivity index (χ4v) is 5.29. The first-order valence-electron chi connectivity index (χ1n) is 13.9. The highest BCUT2D eigenvalue weighted by Gasteiger charge is 2.16. The smallest absolute Gasteiger partial charge is 0.150 e. The topological polar surface area (TPSA) is 34.1 Å². The molecule has 0 radical (unpaired) electrons. The molecule has 0 aliphatic heterocycles. The van der Waals surface area contributed by atoms with Gasteiger partial charge in [-0.2, -0.15) is 0 Å². The summed E-state index contributed by atoms with van der Waals surface area (Å²) < 4.78 is 0. The second-order valence-corrected chi connectivity index (χ2v) is 10.1. The van der Waals surface area contributed by atoms with E-state index in [0.717, 1.165) is 68.2 Å². The summed E-state index contributed by atoms with van der Waals surface area (Å²) in [5.74, 6) is 0. The fraction of sp³-hybridized carbons (Fsp3) is 0. The lowest BCUT2D eigenvalue weighted by atomic mass is 9.85. The summed E-state index contributed by atoms with van der Waals surface area (Å²) in [6.45, 7) is 0. The number of carbonyl (C=O) groups excluding carboxylic acids is 2. The molecule has 2 nitrogen and oxygen atoms in total. The predicted octanol–water partition coefficient (Wildman–Crippen LogP) is 9.65. The molecule has 0 aromatic heterocycles. The van der Waals surface area contributed by atoms with Gasteiger partial charge in [0, 0.05) is 11.1 Å². The first-order chi connectivity index (χ1) is 20.7. The summed E-state index contributed by atoms with van der Waals surface area (Å²) in [5.41, 5.74) is 12.4. The maximum absolute atomic E-state index is 11.1. The third-order valence-electron chi connectivity index (χ3n) is 7.48.